The molecule has 0 radical (unpaired) electrons. The number of nitrogens with zero attached hydrogens (tertiary/aromatic N) is 1. The first-order valence-corrected chi connectivity index (χ1v) is 12.9. The minimum absolute atomic E-state index is 0.124. The predicted molar refractivity (Wildman–Crippen MR) is 118 cm³/mol. The molecule has 0 aliphatic carbocycles. The summed E-state index contributed by atoms with van der Waals surface area (Å²) in [6.45, 7) is 8.03. The number of sulfonamides is 2. The second kappa shape index (κ2) is 7.99. The Labute approximate surface area is 174 Å². The Morgan fingerprint density at radius 3 is 2.38 bits per heavy atom. The van der Waals surface area contributed by atoms with Crippen LogP contribution in [0.3, 0.4) is 0 Å². The van der Waals surface area contributed by atoms with Crippen molar-refractivity contribution in [1.82, 2.24) is 0 Å². The molecule has 1 saturated heterocycles. The maximum Gasteiger partial charge on any atom is 0.262 e. The van der Waals surface area contributed by atoms with E-state index in [4.69, 9.17) is 0 Å². The van der Waals surface area contributed by atoms with Gasteiger partial charge in [-0.15, -0.1) is 0 Å². The van der Waals surface area contributed by atoms with Crippen molar-refractivity contribution in [3.05, 3.63) is 53.1 Å². The molecule has 6 nitrogen and oxygen atoms in total. The Kier molecular flexibility index (Phi) is 5.96. The minimum atomic E-state index is -3.82. The SMILES string of the molecule is Cc1cc(N2CCCCS2(=O)=O)ccc1S(=O)(=O)Nc1c(C)cccc1C(C)C. The van der Waals surface area contributed by atoms with E-state index in [1.165, 1.54) is 10.4 Å². The normalized spacial score (nSPS) is 16.8. The van der Waals surface area contributed by atoms with E-state index in [1.807, 2.05) is 39.0 Å². The largest absolute Gasteiger partial charge is 0.279 e. The van der Waals surface area contributed by atoms with Gasteiger partial charge in [-0.25, -0.2) is 16.8 Å². The van der Waals surface area contributed by atoms with Gasteiger partial charge in [-0.1, -0.05) is 32.0 Å². The van der Waals surface area contributed by atoms with Crippen molar-refractivity contribution in [2.75, 3.05) is 21.3 Å². The third kappa shape index (κ3) is 4.43. The highest BCUT2D eigenvalue weighted by atomic mass is 32.2. The average molecular weight is 437 g/mol. The zero-order chi connectivity index (χ0) is 21.4. The molecule has 2 aromatic rings. The van der Waals surface area contributed by atoms with Crippen molar-refractivity contribution in [2.24, 2.45) is 0 Å². The molecule has 0 amide bonds. The number of hydrogen-bond donors (Lipinski definition) is 1. The lowest BCUT2D eigenvalue weighted by Gasteiger charge is -2.28. The van der Waals surface area contributed by atoms with E-state index in [0.717, 1.165) is 17.5 Å². The number of anilines is 2. The van der Waals surface area contributed by atoms with Crippen molar-refractivity contribution < 1.29 is 16.8 Å². The summed E-state index contributed by atoms with van der Waals surface area (Å²) in [5, 5.41) is 0. The fourth-order valence-corrected chi connectivity index (χ4v) is 6.69. The van der Waals surface area contributed by atoms with Crippen LogP contribution in [0.2, 0.25) is 0 Å². The van der Waals surface area contributed by atoms with Crippen LogP contribution in [0.15, 0.2) is 41.3 Å². The molecule has 1 aliphatic rings. The number of rotatable bonds is 5. The van der Waals surface area contributed by atoms with Gasteiger partial charge >= 0.3 is 0 Å². The second-order valence-electron chi connectivity index (χ2n) is 7.84. The molecule has 0 saturated carbocycles. The van der Waals surface area contributed by atoms with E-state index in [0.29, 0.717) is 29.9 Å². The first kappa shape index (κ1) is 21.6. The summed E-state index contributed by atoms with van der Waals surface area (Å²) in [6, 6.07) is 10.4. The van der Waals surface area contributed by atoms with Crippen molar-refractivity contribution in [2.45, 2.75) is 51.3 Å². The number of para-hydroxylation sites is 1. The lowest BCUT2D eigenvalue weighted by atomic mass is 9.99. The van der Waals surface area contributed by atoms with Crippen LogP contribution in [-0.4, -0.2) is 29.1 Å². The van der Waals surface area contributed by atoms with E-state index in [-0.39, 0.29) is 16.6 Å². The van der Waals surface area contributed by atoms with Gasteiger partial charge < -0.3 is 0 Å². The smallest absolute Gasteiger partial charge is 0.262 e. The van der Waals surface area contributed by atoms with E-state index >= 15 is 0 Å². The molecular weight excluding hydrogens is 408 g/mol. The van der Waals surface area contributed by atoms with Crippen LogP contribution in [0.1, 0.15) is 49.3 Å². The molecule has 158 valence electrons. The number of nitrogens with one attached hydrogen (secondary N) is 1. The zero-order valence-electron chi connectivity index (χ0n) is 17.3. The average Bonchev–Trinajstić information content (AvgIpc) is 2.62. The summed E-state index contributed by atoms with van der Waals surface area (Å²) in [4.78, 5) is 0.147. The quantitative estimate of drug-likeness (QED) is 0.763. The maximum absolute atomic E-state index is 13.1. The maximum atomic E-state index is 13.1. The summed E-state index contributed by atoms with van der Waals surface area (Å²) in [7, 11) is -7.16. The van der Waals surface area contributed by atoms with Crippen LogP contribution in [0.4, 0.5) is 11.4 Å². The summed E-state index contributed by atoms with van der Waals surface area (Å²) >= 11 is 0. The lowest BCUT2D eigenvalue weighted by molar-refractivity contribution is 0.574. The standard InChI is InChI=1S/C21H28N2O4S2/c1-15(2)19-9-7-8-16(3)21(19)22-29(26,27)20-11-10-18(14-17(20)4)23-12-5-6-13-28(23,24)25/h7-11,14-15,22H,5-6,12-13H2,1-4H3. The first-order chi connectivity index (χ1) is 13.5. The molecule has 1 fully saturated rings. The fraction of sp³-hybridized carbons (Fsp3) is 0.429. The van der Waals surface area contributed by atoms with Crippen LogP contribution in [-0.2, 0) is 20.0 Å². The van der Waals surface area contributed by atoms with Gasteiger partial charge in [0, 0.05) is 6.54 Å². The van der Waals surface area contributed by atoms with Crippen LogP contribution >= 0.6 is 0 Å². The fourth-order valence-electron chi connectivity index (χ4n) is 3.67. The molecule has 0 aromatic heterocycles. The molecule has 8 heteroatoms. The molecule has 0 unspecified atom stereocenters. The molecule has 1 N–H and O–H groups in total. The number of hydrogen-bond acceptors (Lipinski definition) is 4. The minimum Gasteiger partial charge on any atom is -0.279 e. The molecule has 0 atom stereocenters. The Hall–Kier alpha value is -2.06. The molecule has 1 heterocycles. The first-order valence-electron chi connectivity index (χ1n) is 9.76. The van der Waals surface area contributed by atoms with Gasteiger partial charge in [-0.05, 0) is 67.5 Å². The Bertz CT molecular complexity index is 1120. The van der Waals surface area contributed by atoms with Gasteiger partial charge in [0.05, 0.1) is 22.0 Å². The highest BCUT2D eigenvalue weighted by Crippen LogP contribution is 2.32. The summed E-state index contributed by atoms with van der Waals surface area (Å²) in [6.07, 6.45) is 1.45. The summed E-state index contributed by atoms with van der Waals surface area (Å²) in [5.41, 5.74) is 3.41. The molecule has 29 heavy (non-hydrogen) atoms. The highest BCUT2D eigenvalue weighted by molar-refractivity contribution is 7.93. The predicted octanol–water partition coefficient (Wildman–Crippen LogP) is 4.16. The van der Waals surface area contributed by atoms with Crippen LogP contribution in [0, 0.1) is 13.8 Å². The van der Waals surface area contributed by atoms with Gasteiger partial charge in [-0.2, -0.15) is 0 Å². The highest BCUT2D eigenvalue weighted by Gasteiger charge is 2.27. The Morgan fingerprint density at radius 2 is 1.76 bits per heavy atom. The molecule has 1 aliphatic heterocycles. The van der Waals surface area contributed by atoms with Gasteiger partial charge in [0.25, 0.3) is 10.0 Å². The Morgan fingerprint density at radius 1 is 1.03 bits per heavy atom. The van der Waals surface area contributed by atoms with Crippen molar-refractivity contribution in [1.29, 1.82) is 0 Å². The molecular formula is C21H28N2O4S2. The van der Waals surface area contributed by atoms with Gasteiger partial charge in [-0.3, -0.25) is 9.03 Å². The molecule has 3 rings (SSSR count). The topological polar surface area (TPSA) is 83.6 Å². The van der Waals surface area contributed by atoms with Crippen LogP contribution in [0.25, 0.3) is 0 Å². The van der Waals surface area contributed by atoms with Crippen molar-refractivity contribution in [3.8, 4) is 0 Å². The van der Waals surface area contributed by atoms with Crippen LogP contribution in [0.5, 0.6) is 0 Å². The van der Waals surface area contributed by atoms with Gasteiger partial charge in [0.2, 0.25) is 10.0 Å². The summed E-state index contributed by atoms with van der Waals surface area (Å²) < 4.78 is 55.1. The van der Waals surface area contributed by atoms with E-state index < -0.39 is 20.0 Å². The van der Waals surface area contributed by atoms with Gasteiger partial charge in [0.15, 0.2) is 0 Å². The van der Waals surface area contributed by atoms with E-state index in [9.17, 15) is 16.8 Å². The molecule has 0 spiro atoms. The molecule has 2 aromatic carbocycles. The van der Waals surface area contributed by atoms with Crippen LogP contribution < -0.4 is 9.03 Å². The van der Waals surface area contributed by atoms with E-state index in [2.05, 4.69) is 4.72 Å². The number of benzene rings is 2. The molecule has 0 bridgehead atoms. The lowest BCUT2D eigenvalue weighted by Crippen LogP contribution is -2.37. The zero-order valence-corrected chi connectivity index (χ0v) is 18.9. The van der Waals surface area contributed by atoms with Crippen molar-refractivity contribution in [3.63, 3.8) is 0 Å². The van der Waals surface area contributed by atoms with E-state index in [1.54, 1.807) is 19.1 Å². The number of aryl methyl sites for hydroxylation is 2. The van der Waals surface area contributed by atoms with Crippen molar-refractivity contribution >= 4 is 31.4 Å². The second-order valence-corrected chi connectivity index (χ2v) is 11.5. The Balaban J connectivity index is 1.97. The third-order valence-corrected chi connectivity index (χ3v) is 8.63. The van der Waals surface area contributed by atoms with Gasteiger partial charge in [0.1, 0.15) is 0 Å². The summed E-state index contributed by atoms with van der Waals surface area (Å²) in [5.74, 6) is 0.291. The monoisotopic (exact) mass is 436 g/mol. The third-order valence-electron chi connectivity index (χ3n) is 5.25.